The molecular formula is C22H26N4O3. The second-order valence-electron chi connectivity index (χ2n) is 7.62. The van der Waals surface area contributed by atoms with E-state index in [1.54, 1.807) is 6.92 Å². The van der Waals surface area contributed by atoms with Crippen LogP contribution >= 0.6 is 0 Å². The molecule has 3 heterocycles. The Balaban J connectivity index is 1.89. The molecule has 2 aromatic rings. The number of carbonyl (C=O) groups is 2. The van der Waals surface area contributed by atoms with Gasteiger partial charge in [0.05, 0.1) is 16.8 Å². The molecule has 0 aliphatic carbocycles. The first-order chi connectivity index (χ1) is 14.0. The monoisotopic (exact) mass is 394 g/mol. The average Bonchev–Trinajstić information content (AvgIpc) is 3.16. The Morgan fingerprint density at radius 1 is 0.966 bits per heavy atom. The fourth-order valence-electron chi connectivity index (χ4n) is 4.23. The van der Waals surface area contributed by atoms with E-state index in [9.17, 15) is 14.4 Å². The molecule has 0 saturated carbocycles. The SMILES string of the molecule is CCCN1C(=O)C(c2c(C)[nH]n(-c3ccccc3)c2=O)=C(N2CCCCC2)C1=O. The van der Waals surface area contributed by atoms with Gasteiger partial charge in [-0.3, -0.25) is 24.4 Å². The summed E-state index contributed by atoms with van der Waals surface area (Å²) in [6.45, 7) is 5.53. The van der Waals surface area contributed by atoms with E-state index in [1.165, 1.54) is 9.58 Å². The normalized spacial score (nSPS) is 17.6. The number of para-hydroxylation sites is 1. The van der Waals surface area contributed by atoms with Crippen LogP contribution in [0.2, 0.25) is 0 Å². The number of rotatable bonds is 5. The van der Waals surface area contributed by atoms with Crippen molar-refractivity contribution in [2.24, 2.45) is 0 Å². The molecule has 0 spiro atoms. The van der Waals surface area contributed by atoms with Gasteiger partial charge in [0.25, 0.3) is 17.4 Å². The number of piperidine rings is 1. The highest BCUT2D eigenvalue weighted by atomic mass is 16.2. The van der Waals surface area contributed by atoms with Gasteiger partial charge in [-0.1, -0.05) is 25.1 Å². The van der Waals surface area contributed by atoms with Crippen molar-refractivity contribution in [1.29, 1.82) is 0 Å². The van der Waals surface area contributed by atoms with Gasteiger partial charge in [-0.15, -0.1) is 0 Å². The summed E-state index contributed by atoms with van der Waals surface area (Å²) >= 11 is 0. The maximum absolute atomic E-state index is 13.3. The topological polar surface area (TPSA) is 78.4 Å². The summed E-state index contributed by atoms with van der Waals surface area (Å²) in [6.07, 6.45) is 3.75. The van der Waals surface area contributed by atoms with Crippen LogP contribution in [-0.2, 0) is 9.59 Å². The lowest BCUT2D eigenvalue weighted by Gasteiger charge is -2.29. The largest absolute Gasteiger partial charge is 0.366 e. The molecule has 0 unspecified atom stereocenters. The number of aromatic nitrogens is 2. The van der Waals surface area contributed by atoms with Crippen molar-refractivity contribution in [1.82, 2.24) is 19.6 Å². The van der Waals surface area contributed by atoms with E-state index < -0.39 is 0 Å². The van der Waals surface area contributed by atoms with Crippen LogP contribution in [0.5, 0.6) is 0 Å². The Morgan fingerprint density at radius 2 is 1.66 bits per heavy atom. The van der Waals surface area contributed by atoms with Gasteiger partial charge >= 0.3 is 0 Å². The van der Waals surface area contributed by atoms with Crippen molar-refractivity contribution in [3.05, 3.63) is 57.6 Å². The Labute approximate surface area is 169 Å². The van der Waals surface area contributed by atoms with Crippen LogP contribution < -0.4 is 5.56 Å². The smallest absolute Gasteiger partial charge is 0.279 e. The molecule has 2 aliphatic rings. The predicted octanol–water partition coefficient (Wildman–Crippen LogP) is 2.45. The van der Waals surface area contributed by atoms with Gasteiger partial charge in [0.15, 0.2) is 0 Å². The predicted molar refractivity (Wildman–Crippen MR) is 110 cm³/mol. The maximum Gasteiger partial charge on any atom is 0.279 e. The molecule has 2 amide bonds. The minimum absolute atomic E-state index is 0.249. The number of hydrogen-bond donors (Lipinski definition) is 1. The van der Waals surface area contributed by atoms with Crippen LogP contribution in [-0.4, -0.2) is 51.0 Å². The average molecular weight is 394 g/mol. The van der Waals surface area contributed by atoms with Gasteiger partial charge in [0, 0.05) is 25.3 Å². The van der Waals surface area contributed by atoms with Gasteiger partial charge in [0.1, 0.15) is 5.70 Å². The van der Waals surface area contributed by atoms with Crippen LogP contribution in [0.3, 0.4) is 0 Å². The van der Waals surface area contributed by atoms with E-state index in [2.05, 4.69) is 5.10 Å². The van der Waals surface area contributed by atoms with Gasteiger partial charge in [-0.25, -0.2) is 4.68 Å². The Kier molecular flexibility index (Phi) is 5.13. The molecule has 7 heteroatoms. The first kappa shape index (κ1) is 19.2. The Morgan fingerprint density at radius 3 is 2.31 bits per heavy atom. The number of likely N-dealkylation sites (tertiary alicyclic amines) is 1. The van der Waals surface area contributed by atoms with Gasteiger partial charge in [0.2, 0.25) is 0 Å². The molecule has 4 rings (SSSR count). The molecule has 2 aliphatic heterocycles. The van der Waals surface area contributed by atoms with Gasteiger partial charge in [-0.05, 0) is 44.7 Å². The van der Waals surface area contributed by atoms with E-state index in [0.717, 1.165) is 32.4 Å². The zero-order valence-electron chi connectivity index (χ0n) is 16.9. The lowest BCUT2D eigenvalue weighted by atomic mass is 10.0. The Bertz CT molecular complexity index is 1030. The highest BCUT2D eigenvalue weighted by molar-refractivity contribution is 6.35. The molecule has 1 aromatic heterocycles. The van der Waals surface area contributed by atoms with Crippen molar-refractivity contribution in [3.8, 4) is 5.69 Å². The van der Waals surface area contributed by atoms with Crippen molar-refractivity contribution in [3.63, 3.8) is 0 Å². The number of amides is 2. The summed E-state index contributed by atoms with van der Waals surface area (Å²) in [5.74, 6) is -0.642. The second-order valence-corrected chi connectivity index (χ2v) is 7.62. The summed E-state index contributed by atoms with van der Waals surface area (Å²) in [5.41, 5.74) is 1.91. The number of imide groups is 1. The minimum atomic E-state index is -0.364. The van der Waals surface area contributed by atoms with E-state index in [0.29, 0.717) is 35.6 Å². The van der Waals surface area contributed by atoms with Crippen molar-refractivity contribution >= 4 is 17.4 Å². The Hall–Kier alpha value is -3.09. The third kappa shape index (κ3) is 3.20. The molecular weight excluding hydrogens is 368 g/mol. The van der Waals surface area contributed by atoms with Gasteiger partial charge < -0.3 is 4.90 Å². The zero-order chi connectivity index (χ0) is 20.5. The van der Waals surface area contributed by atoms with E-state index in [-0.39, 0.29) is 22.9 Å². The molecule has 0 radical (unpaired) electrons. The fourth-order valence-corrected chi connectivity index (χ4v) is 4.23. The number of benzene rings is 1. The van der Waals surface area contributed by atoms with Crippen LogP contribution in [0, 0.1) is 6.92 Å². The molecule has 1 aromatic carbocycles. The van der Waals surface area contributed by atoms with Crippen LogP contribution in [0.15, 0.2) is 40.8 Å². The zero-order valence-corrected chi connectivity index (χ0v) is 16.9. The van der Waals surface area contributed by atoms with E-state index in [4.69, 9.17) is 0 Å². The van der Waals surface area contributed by atoms with Crippen LogP contribution in [0.1, 0.15) is 43.9 Å². The molecule has 29 heavy (non-hydrogen) atoms. The fraction of sp³-hybridized carbons (Fsp3) is 0.409. The highest BCUT2D eigenvalue weighted by Gasteiger charge is 2.43. The molecule has 152 valence electrons. The maximum atomic E-state index is 13.3. The highest BCUT2D eigenvalue weighted by Crippen LogP contribution is 2.33. The lowest BCUT2D eigenvalue weighted by molar-refractivity contribution is -0.137. The van der Waals surface area contributed by atoms with E-state index in [1.807, 2.05) is 42.2 Å². The van der Waals surface area contributed by atoms with Crippen molar-refractivity contribution in [2.75, 3.05) is 19.6 Å². The number of nitrogens with zero attached hydrogens (tertiary/aromatic N) is 3. The van der Waals surface area contributed by atoms with Crippen LogP contribution in [0.25, 0.3) is 11.3 Å². The first-order valence-corrected chi connectivity index (χ1v) is 10.3. The van der Waals surface area contributed by atoms with Crippen LogP contribution in [0.4, 0.5) is 0 Å². The molecule has 0 bridgehead atoms. The van der Waals surface area contributed by atoms with Crippen molar-refractivity contribution < 1.29 is 9.59 Å². The number of hydrogen-bond acceptors (Lipinski definition) is 4. The summed E-state index contributed by atoms with van der Waals surface area (Å²) < 4.78 is 1.44. The minimum Gasteiger partial charge on any atom is -0.366 e. The third-order valence-corrected chi connectivity index (χ3v) is 5.60. The molecule has 1 N–H and O–H groups in total. The number of nitrogens with one attached hydrogen (secondary N) is 1. The molecule has 0 atom stereocenters. The lowest BCUT2D eigenvalue weighted by Crippen LogP contribution is -2.37. The quantitative estimate of drug-likeness (QED) is 0.790. The molecule has 7 nitrogen and oxygen atoms in total. The second kappa shape index (κ2) is 7.73. The number of H-pyrrole nitrogens is 1. The number of carbonyl (C=O) groups excluding carboxylic acids is 2. The van der Waals surface area contributed by atoms with Crippen molar-refractivity contribution in [2.45, 2.75) is 39.5 Å². The summed E-state index contributed by atoms with van der Waals surface area (Å²) in [4.78, 5) is 43.0. The molecule has 1 saturated heterocycles. The summed E-state index contributed by atoms with van der Waals surface area (Å²) in [5, 5.41) is 3.08. The first-order valence-electron chi connectivity index (χ1n) is 10.3. The number of aromatic amines is 1. The summed E-state index contributed by atoms with van der Waals surface area (Å²) in [7, 11) is 0. The molecule has 1 fully saturated rings. The number of aryl methyl sites for hydroxylation is 1. The van der Waals surface area contributed by atoms with Gasteiger partial charge in [-0.2, -0.15) is 0 Å². The van der Waals surface area contributed by atoms with E-state index >= 15 is 0 Å². The third-order valence-electron chi connectivity index (χ3n) is 5.60. The standard InChI is InChI=1S/C22H26N4O3/c1-3-12-25-20(27)18(19(22(25)29)24-13-8-5-9-14-24)17-15(2)23-26(21(17)28)16-10-6-4-7-11-16/h4,6-7,10-11,23H,3,5,8-9,12-14H2,1-2H3. The summed E-state index contributed by atoms with van der Waals surface area (Å²) in [6, 6.07) is 9.23.